The van der Waals surface area contributed by atoms with Gasteiger partial charge in [-0.1, -0.05) is 61.4 Å². The average Bonchev–Trinajstić information content (AvgIpc) is 2.80. The van der Waals surface area contributed by atoms with E-state index in [1.165, 1.54) is 27.7 Å². The molecule has 2 rings (SSSR count). The molecule has 2 heterocycles. The molecule has 0 unspecified atom stereocenters. The first-order valence-corrected chi connectivity index (χ1v) is 14.9. The van der Waals surface area contributed by atoms with Crippen LogP contribution in [-0.4, -0.2) is 64.8 Å². The molecule has 4 atom stereocenters. The van der Waals surface area contributed by atoms with Crippen molar-refractivity contribution >= 4 is 51.2 Å². The van der Waals surface area contributed by atoms with Crippen molar-refractivity contribution in [3.63, 3.8) is 0 Å². The van der Waals surface area contributed by atoms with Crippen LogP contribution >= 0.6 is 21.6 Å². The maximum Gasteiger partial charge on any atom is 0.329 e. The largest absolute Gasteiger partial charge is 0.453 e. The predicted octanol–water partition coefficient (Wildman–Crippen LogP) is 1.82. The van der Waals surface area contributed by atoms with E-state index >= 15 is 0 Å². The normalized spacial score (nSPS) is 30.3. The van der Waals surface area contributed by atoms with E-state index < -0.39 is 53.3 Å². The van der Waals surface area contributed by atoms with Gasteiger partial charge in [0.15, 0.2) is 0 Å². The molecule has 4 N–H and O–H groups in total. The lowest BCUT2D eigenvalue weighted by atomic mass is 9.97. The molecule has 1 fully saturated rings. The van der Waals surface area contributed by atoms with Gasteiger partial charge in [0.2, 0.25) is 17.7 Å². The minimum atomic E-state index is -1.31. The van der Waals surface area contributed by atoms with Crippen LogP contribution in [0.25, 0.3) is 0 Å². The van der Waals surface area contributed by atoms with Crippen molar-refractivity contribution in [3.8, 4) is 0 Å². The van der Waals surface area contributed by atoms with Crippen molar-refractivity contribution in [1.29, 1.82) is 0 Å². The Kier molecular flexibility index (Phi) is 11.5. The molecule has 0 aromatic heterocycles. The van der Waals surface area contributed by atoms with E-state index in [4.69, 9.17) is 4.74 Å². The Bertz CT molecular complexity index is 951. The van der Waals surface area contributed by atoms with Gasteiger partial charge < -0.3 is 26.0 Å². The van der Waals surface area contributed by atoms with E-state index in [2.05, 4.69) is 21.3 Å². The van der Waals surface area contributed by atoms with Crippen LogP contribution in [-0.2, 0) is 28.7 Å². The third-order valence-corrected chi connectivity index (χ3v) is 8.35. The molecule has 4 amide bonds. The lowest BCUT2D eigenvalue weighted by Crippen LogP contribution is -2.57. The van der Waals surface area contributed by atoms with E-state index in [-0.39, 0.29) is 29.7 Å². The van der Waals surface area contributed by atoms with Crippen LogP contribution < -0.4 is 21.3 Å². The third-order valence-electron chi connectivity index (χ3n) is 5.90. The summed E-state index contributed by atoms with van der Waals surface area (Å²) in [7, 11) is 2.95. The predicted molar refractivity (Wildman–Crippen MR) is 145 cm³/mol. The quantitative estimate of drug-likeness (QED) is 0.175. The monoisotopic (exact) mass is 554 g/mol. The maximum absolute atomic E-state index is 13.3. The van der Waals surface area contributed by atoms with Crippen molar-refractivity contribution in [2.24, 2.45) is 11.8 Å². The summed E-state index contributed by atoms with van der Waals surface area (Å²) in [5, 5.41) is 10.7. The molecule has 2 aliphatic rings. The molecule has 0 radical (unpaired) electrons. The van der Waals surface area contributed by atoms with Crippen LogP contribution in [0.5, 0.6) is 0 Å². The Hall–Kier alpha value is -2.47. The highest BCUT2D eigenvalue weighted by Crippen LogP contribution is 2.26. The van der Waals surface area contributed by atoms with Gasteiger partial charge in [-0.05, 0) is 38.2 Å². The number of hydrogen-bond acceptors (Lipinski definition) is 8. The van der Waals surface area contributed by atoms with Crippen LogP contribution in [0.15, 0.2) is 23.9 Å². The number of rotatable bonds is 2. The highest BCUT2D eigenvalue weighted by Gasteiger charge is 2.37. The van der Waals surface area contributed by atoms with Crippen LogP contribution in [0.1, 0.15) is 54.4 Å². The highest BCUT2D eigenvalue weighted by molar-refractivity contribution is 8.76. The number of amides is 4. The second kappa shape index (κ2) is 13.9. The van der Waals surface area contributed by atoms with Gasteiger partial charge >= 0.3 is 5.97 Å². The molecule has 0 aromatic rings. The summed E-state index contributed by atoms with van der Waals surface area (Å²) in [6.45, 7) is 10.3. The number of hydrogen-bond donors (Lipinski definition) is 4. The molecule has 0 saturated carbocycles. The van der Waals surface area contributed by atoms with Gasteiger partial charge in [0, 0.05) is 11.5 Å². The number of nitrogens with one attached hydrogen (secondary N) is 4. The lowest BCUT2D eigenvalue weighted by Gasteiger charge is -2.31. The molecule has 0 aromatic carbocycles. The summed E-state index contributed by atoms with van der Waals surface area (Å²) in [6.07, 6.45) is 5.37. The van der Waals surface area contributed by atoms with Gasteiger partial charge in [-0.3, -0.25) is 19.2 Å². The Morgan fingerprint density at radius 3 is 2.27 bits per heavy atom. The molecule has 37 heavy (non-hydrogen) atoms. The smallest absolute Gasteiger partial charge is 0.329 e. The topological polar surface area (TPSA) is 143 Å². The van der Waals surface area contributed by atoms with E-state index in [1.807, 2.05) is 6.08 Å². The highest BCUT2D eigenvalue weighted by atomic mass is 33.1. The van der Waals surface area contributed by atoms with Crippen molar-refractivity contribution in [3.05, 3.63) is 23.9 Å². The summed E-state index contributed by atoms with van der Waals surface area (Å²) >= 11 is 0. The van der Waals surface area contributed by atoms with Gasteiger partial charge in [-0.15, -0.1) is 0 Å². The second-order valence-electron chi connectivity index (χ2n) is 9.95. The standard InChI is InChI=1S/C25H38N4O6S2/c1-7-16-21(31)29-20(15(4)5)24(34)35-25(6)10-8-9-11-36-37-13-17(22(32)26-16)27-23(33)19(14(2)3)28-18(30)12-25/h7-8,10,14-15,17,19-20H,9,11-13H2,1-6H3,(H,26,32)(H,27,33)(H,28,30)(H,29,31)/t17-,19-,20+,25-/m1/s1. The molecule has 0 aliphatic carbocycles. The second-order valence-corrected chi connectivity index (χ2v) is 12.6. The molecular weight excluding hydrogens is 516 g/mol. The zero-order valence-electron chi connectivity index (χ0n) is 22.2. The minimum Gasteiger partial charge on any atom is -0.453 e. The van der Waals surface area contributed by atoms with Crippen LogP contribution in [0.4, 0.5) is 0 Å². The number of ether oxygens (including phenoxy) is 1. The van der Waals surface area contributed by atoms with Crippen molar-refractivity contribution in [2.45, 2.75) is 78.1 Å². The summed E-state index contributed by atoms with van der Waals surface area (Å²) in [4.78, 5) is 65.8. The van der Waals surface area contributed by atoms with E-state index in [1.54, 1.807) is 47.6 Å². The van der Waals surface area contributed by atoms with E-state index in [9.17, 15) is 24.0 Å². The maximum atomic E-state index is 13.3. The summed E-state index contributed by atoms with van der Waals surface area (Å²) in [5.41, 5.74) is -1.36. The van der Waals surface area contributed by atoms with Crippen molar-refractivity contribution in [1.82, 2.24) is 21.3 Å². The molecular formula is C25H38N4O6S2. The van der Waals surface area contributed by atoms with Crippen molar-refractivity contribution < 1.29 is 28.7 Å². The third kappa shape index (κ3) is 9.10. The minimum absolute atomic E-state index is 0.0480. The first-order valence-electron chi connectivity index (χ1n) is 12.4. The summed E-state index contributed by atoms with van der Waals surface area (Å²) < 4.78 is 5.84. The summed E-state index contributed by atoms with van der Waals surface area (Å²) in [6, 6.07) is -2.91. The SMILES string of the molecule is CC=C1NC(=O)[C@H]2CSSCCC=C[C@](C)(CC(=O)N[C@H](C(C)C)C(=O)N2)OC(=O)[C@H](C(C)C)NC1=O. The molecule has 1 saturated heterocycles. The Morgan fingerprint density at radius 1 is 0.973 bits per heavy atom. The van der Waals surface area contributed by atoms with Crippen molar-refractivity contribution in [2.75, 3.05) is 11.5 Å². The van der Waals surface area contributed by atoms with Gasteiger partial charge in [0.1, 0.15) is 29.4 Å². The molecule has 206 valence electrons. The van der Waals surface area contributed by atoms with Crippen LogP contribution in [0.2, 0.25) is 0 Å². The average molecular weight is 555 g/mol. The first kappa shape index (κ1) is 30.8. The molecule has 2 bridgehead atoms. The number of esters is 1. The molecule has 10 nitrogen and oxygen atoms in total. The fourth-order valence-electron chi connectivity index (χ4n) is 3.77. The number of allylic oxidation sites excluding steroid dienone is 2. The Labute approximate surface area is 226 Å². The van der Waals surface area contributed by atoms with Gasteiger partial charge in [0.05, 0.1) is 6.42 Å². The molecule has 12 heteroatoms. The van der Waals surface area contributed by atoms with Gasteiger partial charge in [-0.25, -0.2) is 4.79 Å². The fourth-order valence-corrected chi connectivity index (χ4v) is 5.92. The molecule has 2 aliphatic heterocycles. The van der Waals surface area contributed by atoms with Gasteiger partial charge in [0.25, 0.3) is 5.91 Å². The van der Waals surface area contributed by atoms with Crippen LogP contribution in [0, 0.1) is 11.8 Å². The fraction of sp³-hybridized carbons (Fsp3) is 0.640. The first-order chi connectivity index (χ1) is 17.4. The Morgan fingerprint density at radius 2 is 1.65 bits per heavy atom. The zero-order chi connectivity index (χ0) is 27.8. The van der Waals surface area contributed by atoms with Gasteiger partial charge in [-0.2, -0.15) is 0 Å². The van der Waals surface area contributed by atoms with Crippen LogP contribution in [0.3, 0.4) is 0 Å². The zero-order valence-corrected chi connectivity index (χ0v) is 23.8. The van der Waals surface area contributed by atoms with E-state index in [0.29, 0.717) is 12.2 Å². The Balaban J connectivity index is 2.62. The lowest BCUT2D eigenvalue weighted by molar-refractivity contribution is -0.160. The van der Waals surface area contributed by atoms with E-state index in [0.717, 1.165) is 0 Å². The molecule has 0 spiro atoms. The number of fused-ring (bicyclic) bond motifs is 7. The summed E-state index contributed by atoms with van der Waals surface area (Å²) in [5.74, 6) is -2.62. The number of carbonyl (C=O) groups excluding carboxylic acids is 5. The number of carbonyl (C=O) groups is 5.